The second kappa shape index (κ2) is 5.90. The minimum absolute atomic E-state index is 0.0252. The van der Waals surface area contributed by atoms with Crippen LogP contribution in [0.25, 0.3) is 0 Å². The molecule has 0 aromatic heterocycles. The predicted octanol–water partition coefficient (Wildman–Crippen LogP) is 3.17. The van der Waals surface area contributed by atoms with Crippen LogP contribution in [0.2, 0.25) is 5.02 Å². The Hall–Kier alpha value is -1.24. The number of rotatable bonds is 5. The standard InChI is InChI=1S/C13H17ClN2O/c1-3-13(4-2,9-17)16-12-7-11(14)6-5-10(12)8-15/h5-7,16-17H,3-4,9H2,1-2H3. The minimum atomic E-state index is -0.393. The zero-order chi connectivity index (χ0) is 12.9. The molecule has 0 atom stereocenters. The molecule has 92 valence electrons. The number of nitrogens with zero attached hydrogens (tertiary/aromatic N) is 1. The average molecular weight is 253 g/mol. The molecule has 0 aliphatic heterocycles. The summed E-state index contributed by atoms with van der Waals surface area (Å²) in [6.07, 6.45) is 1.55. The molecule has 0 bridgehead atoms. The highest BCUT2D eigenvalue weighted by Gasteiger charge is 2.25. The number of nitriles is 1. The third kappa shape index (κ3) is 3.12. The monoisotopic (exact) mass is 252 g/mol. The fourth-order valence-corrected chi connectivity index (χ4v) is 1.87. The van der Waals surface area contributed by atoms with Crippen LogP contribution in [0.3, 0.4) is 0 Å². The zero-order valence-electron chi connectivity index (χ0n) is 10.1. The summed E-state index contributed by atoms with van der Waals surface area (Å²) in [6, 6.07) is 7.20. The second-order valence-electron chi connectivity index (χ2n) is 4.07. The van der Waals surface area contributed by atoms with Gasteiger partial charge in [-0.1, -0.05) is 25.4 Å². The first kappa shape index (κ1) is 13.8. The van der Waals surface area contributed by atoms with Crippen LogP contribution in [0.15, 0.2) is 18.2 Å². The molecule has 17 heavy (non-hydrogen) atoms. The number of hydrogen-bond donors (Lipinski definition) is 2. The van der Waals surface area contributed by atoms with Crippen LogP contribution in [0.1, 0.15) is 32.3 Å². The molecule has 0 amide bonds. The lowest BCUT2D eigenvalue weighted by Crippen LogP contribution is -2.41. The maximum atomic E-state index is 9.49. The molecule has 0 aliphatic rings. The van der Waals surface area contributed by atoms with Crippen molar-refractivity contribution in [3.05, 3.63) is 28.8 Å². The van der Waals surface area contributed by atoms with Gasteiger partial charge in [-0.15, -0.1) is 0 Å². The molecular weight excluding hydrogens is 236 g/mol. The van der Waals surface area contributed by atoms with Gasteiger partial charge in [-0.25, -0.2) is 0 Å². The Morgan fingerprint density at radius 2 is 2.06 bits per heavy atom. The van der Waals surface area contributed by atoms with Gasteiger partial charge in [-0.3, -0.25) is 0 Å². The summed E-state index contributed by atoms with van der Waals surface area (Å²) < 4.78 is 0. The van der Waals surface area contributed by atoms with Gasteiger partial charge < -0.3 is 10.4 Å². The van der Waals surface area contributed by atoms with E-state index in [9.17, 15) is 5.11 Å². The zero-order valence-corrected chi connectivity index (χ0v) is 10.9. The van der Waals surface area contributed by atoms with Crippen molar-refractivity contribution in [3.63, 3.8) is 0 Å². The van der Waals surface area contributed by atoms with Crippen molar-refractivity contribution in [3.8, 4) is 6.07 Å². The van der Waals surface area contributed by atoms with Crippen LogP contribution in [0, 0.1) is 11.3 Å². The van der Waals surface area contributed by atoms with Crippen LogP contribution >= 0.6 is 11.6 Å². The van der Waals surface area contributed by atoms with Crippen LogP contribution in [-0.4, -0.2) is 17.3 Å². The van der Waals surface area contributed by atoms with Crippen molar-refractivity contribution in [1.82, 2.24) is 0 Å². The van der Waals surface area contributed by atoms with Crippen molar-refractivity contribution in [2.45, 2.75) is 32.2 Å². The fourth-order valence-electron chi connectivity index (χ4n) is 1.69. The van der Waals surface area contributed by atoms with E-state index in [1.54, 1.807) is 18.2 Å². The summed E-state index contributed by atoms with van der Waals surface area (Å²) in [7, 11) is 0. The Morgan fingerprint density at radius 1 is 1.41 bits per heavy atom. The Balaban J connectivity index is 3.09. The maximum Gasteiger partial charge on any atom is 0.101 e. The number of aliphatic hydroxyl groups excluding tert-OH is 1. The molecular formula is C13H17ClN2O. The highest BCUT2D eigenvalue weighted by molar-refractivity contribution is 6.30. The van der Waals surface area contributed by atoms with Gasteiger partial charge in [0.15, 0.2) is 0 Å². The molecule has 0 saturated carbocycles. The van der Waals surface area contributed by atoms with Gasteiger partial charge in [-0.2, -0.15) is 5.26 Å². The highest BCUT2D eigenvalue weighted by Crippen LogP contribution is 2.26. The van der Waals surface area contributed by atoms with E-state index >= 15 is 0 Å². The molecule has 0 aliphatic carbocycles. The maximum absolute atomic E-state index is 9.49. The van der Waals surface area contributed by atoms with Gasteiger partial charge in [0.2, 0.25) is 0 Å². The lowest BCUT2D eigenvalue weighted by molar-refractivity contribution is 0.202. The number of hydrogen-bond acceptors (Lipinski definition) is 3. The Labute approximate surface area is 107 Å². The second-order valence-corrected chi connectivity index (χ2v) is 4.51. The van der Waals surface area contributed by atoms with E-state index in [0.717, 1.165) is 12.8 Å². The average Bonchev–Trinajstić information content (AvgIpc) is 2.36. The van der Waals surface area contributed by atoms with Gasteiger partial charge in [0, 0.05) is 5.02 Å². The lowest BCUT2D eigenvalue weighted by atomic mass is 9.93. The van der Waals surface area contributed by atoms with E-state index in [1.807, 2.05) is 13.8 Å². The van der Waals surface area contributed by atoms with E-state index in [1.165, 1.54) is 0 Å². The van der Waals surface area contributed by atoms with Crippen molar-refractivity contribution in [2.24, 2.45) is 0 Å². The van der Waals surface area contributed by atoms with Crippen LogP contribution in [0.4, 0.5) is 5.69 Å². The van der Waals surface area contributed by atoms with Crippen molar-refractivity contribution >= 4 is 17.3 Å². The summed E-state index contributed by atoms with van der Waals surface area (Å²) in [5.41, 5.74) is 0.822. The molecule has 1 rings (SSSR count). The molecule has 0 fully saturated rings. The lowest BCUT2D eigenvalue weighted by Gasteiger charge is -2.32. The summed E-state index contributed by atoms with van der Waals surface area (Å²) in [5, 5.41) is 22.3. The summed E-state index contributed by atoms with van der Waals surface area (Å²) >= 11 is 5.92. The SMILES string of the molecule is CCC(CC)(CO)Nc1cc(Cl)ccc1C#N. The molecule has 1 aromatic rings. The van der Waals surface area contributed by atoms with Crippen molar-refractivity contribution < 1.29 is 5.11 Å². The van der Waals surface area contributed by atoms with E-state index in [4.69, 9.17) is 16.9 Å². The fraction of sp³-hybridized carbons (Fsp3) is 0.462. The minimum Gasteiger partial charge on any atom is -0.394 e. The van der Waals surface area contributed by atoms with E-state index in [0.29, 0.717) is 16.3 Å². The van der Waals surface area contributed by atoms with Gasteiger partial charge in [0.05, 0.1) is 23.4 Å². The van der Waals surface area contributed by atoms with Gasteiger partial charge >= 0.3 is 0 Å². The summed E-state index contributed by atoms with van der Waals surface area (Å²) in [5.74, 6) is 0. The molecule has 2 N–H and O–H groups in total. The van der Waals surface area contributed by atoms with E-state index < -0.39 is 5.54 Å². The molecule has 4 heteroatoms. The largest absolute Gasteiger partial charge is 0.394 e. The van der Waals surface area contributed by atoms with Gasteiger partial charge in [0.25, 0.3) is 0 Å². The number of aliphatic hydroxyl groups is 1. The van der Waals surface area contributed by atoms with E-state index in [2.05, 4.69) is 11.4 Å². The molecule has 0 heterocycles. The summed E-state index contributed by atoms with van der Waals surface area (Å²) in [4.78, 5) is 0. The summed E-state index contributed by atoms with van der Waals surface area (Å²) in [6.45, 7) is 4.03. The third-order valence-corrected chi connectivity index (χ3v) is 3.39. The van der Waals surface area contributed by atoms with Crippen LogP contribution < -0.4 is 5.32 Å². The first-order valence-corrected chi connectivity index (χ1v) is 6.07. The first-order chi connectivity index (χ1) is 8.10. The molecule has 0 spiro atoms. The van der Waals surface area contributed by atoms with E-state index in [-0.39, 0.29) is 6.61 Å². The Morgan fingerprint density at radius 3 is 2.53 bits per heavy atom. The van der Waals surface area contributed by atoms with Crippen LogP contribution in [0.5, 0.6) is 0 Å². The normalized spacial score (nSPS) is 11.0. The number of nitrogens with one attached hydrogen (secondary N) is 1. The van der Waals surface area contributed by atoms with Crippen molar-refractivity contribution in [1.29, 1.82) is 5.26 Å². The van der Waals surface area contributed by atoms with Gasteiger partial charge in [-0.05, 0) is 31.0 Å². The highest BCUT2D eigenvalue weighted by atomic mass is 35.5. The predicted molar refractivity (Wildman–Crippen MR) is 70.2 cm³/mol. The number of halogens is 1. The Kier molecular flexibility index (Phi) is 4.80. The topological polar surface area (TPSA) is 56.0 Å². The molecule has 3 nitrogen and oxygen atoms in total. The smallest absolute Gasteiger partial charge is 0.101 e. The Bertz CT molecular complexity index is 414. The quantitative estimate of drug-likeness (QED) is 0.846. The van der Waals surface area contributed by atoms with Gasteiger partial charge in [0.1, 0.15) is 6.07 Å². The third-order valence-electron chi connectivity index (χ3n) is 3.16. The number of anilines is 1. The molecule has 0 saturated heterocycles. The van der Waals surface area contributed by atoms with Crippen molar-refractivity contribution in [2.75, 3.05) is 11.9 Å². The molecule has 0 unspecified atom stereocenters. The van der Waals surface area contributed by atoms with Crippen LogP contribution in [-0.2, 0) is 0 Å². The number of benzene rings is 1. The first-order valence-electron chi connectivity index (χ1n) is 5.69. The molecule has 0 radical (unpaired) electrons. The molecule has 1 aromatic carbocycles.